The maximum atomic E-state index is 13.0. The van der Waals surface area contributed by atoms with Crippen molar-refractivity contribution in [3.05, 3.63) is 80.8 Å². The number of aromatic nitrogens is 1. The van der Waals surface area contributed by atoms with E-state index in [1.807, 2.05) is 19.9 Å². The van der Waals surface area contributed by atoms with Gasteiger partial charge in [0.05, 0.1) is 11.7 Å². The van der Waals surface area contributed by atoms with E-state index in [2.05, 4.69) is 10.3 Å². The standard InChI is InChI=1S/C24H19ClF3N3O2S/c1-14(2)33-21-6-4-3-5-15(21)9-17(12-29)22(32)31-23-30-13-19(34-23)11-16-10-18(24(26,27)28)7-8-20(16)25/h3-10,13-14H,11H2,1-2H3,(H,30,31,32). The zero-order chi connectivity index (χ0) is 24.9. The monoisotopic (exact) mass is 505 g/mol. The number of ether oxygens (including phenoxy) is 1. The summed E-state index contributed by atoms with van der Waals surface area (Å²) in [6, 6.07) is 12.0. The molecule has 1 aromatic heterocycles. The highest BCUT2D eigenvalue weighted by molar-refractivity contribution is 7.15. The number of anilines is 1. The molecule has 0 fully saturated rings. The van der Waals surface area contributed by atoms with E-state index in [1.54, 1.807) is 24.3 Å². The van der Waals surface area contributed by atoms with Gasteiger partial charge >= 0.3 is 6.18 Å². The number of nitrogens with zero attached hydrogens (tertiary/aromatic N) is 2. The number of nitriles is 1. The van der Waals surface area contributed by atoms with Gasteiger partial charge in [0.1, 0.15) is 17.4 Å². The molecule has 3 aromatic rings. The summed E-state index contributed by atoms with van der Waals surface area (Å²) in [6.45, 7) is 3.73. The number of benzene rings is 2. The molecule has 0 saturated heterocycles. The third-order valence-electron chi connectivity index (χ3n) is 4.46. The van der Waals surface area contributed by atoms with Gasteiger partial charge in [-0.1, -0.05) is 29.8 Å². The zero-order valence-corrected chi connectivity index (χ0v) is 19.7. The van der Waals surface area contributed by atoms with Crippen LogP contribution in [0.3, 0.4) is 0 Å². The second-order valence-corrected chi connectivity index (χ2v) is 8.96. The summed E-state index contributed by atoms with van der Waals surface area (Å²) in [5.74, 6) is -0.132. The molecule has 0 spiro atoms. The molecule has 5 nitrogen and oxygen atoms in total. The topological polar surface area (TPSA) is 75.0 Å². The van der Waals surface area contributed by atoms with Crippen molar-refractivity contribution >= 4 is 40.1 Å². The molecule has 10 heteroatoms. The van der Waals surface area contributed by atoms with Crippen LogP contribution in [-0.4, -0.2) is 17.0 Å². The van der Waals surface area contributed by atoms with Crippen LogP contribution < -0.4 is 10.1 Å². The Labute approximate surface area is 203 Å². The van der Waals surface area contributed by atoms with Gasteiger partial charge in [-0.2, -0.15) is 18.4 Å². The number of halogens is 4. The second-order valence-electron chi connectivity index (χ2n) is 7.44. The Kier molecular flexibility index (Phi) is 7.97. The maximum absolute atomic E-state index is 13.0. The summed E-state index contributed by atoms with van der Waals surface area (Å²) in [4.78, 5) is 17.3. The van der Waals surface area contributed by atoms with Gasteiger partial charge in [-0.3, -0.25) is 10.1 Å². The van der Waals surface area contributed by atoms with Crippen LogP contribution in [0.2, 0.25) is 5.02 Å². The van der Waals surface area contributed by atoms with Crippen molar-refractivity contribution in [1.29, 1.82) is 5.26 Å². The largest absolute Gasteiger partial charge is 0.490 e. The van der Waals surface area contributed by atoms with Gasteiger partial charge in [0, 0.05) is 28.1 Å². The lowest BCUT2D eigenvalue weighted by Gasteiger charge is -2.12. The van der Waals surface area contributed by atoms with Crippen LogP contribution in [0.1, 0.15) is 35.4 Å². The molecule has 1 N–H and O–H groups in total. The number of para-hydroxylation sites is 1. The number of hydrogen-bond acceptors (Lipinski definition) is 5. The summed E-state index contributed by atoms with van der Waals surface area (Å²) < 4.78 is 44.7. The fourth-order valence-corrected chi connectivity index (χ4v) is 3.97. The summed E-state index contributed by atoms with van der Waals surface area (Å²) in [5.41, 5.74) is -0.0905. The summed E-state index contributed by atoms with van der Waals surface area (Å²) in [6.07, 6.45) is -1.60. The number of amides is 1. The molecule has 0 aliphatic heterocycles. The van der Waals surface area contributed by atoms with Gasteiger partial charge in [0.2, 0.25) is 0 Å². The number of alkyl halides is 3. The van der Waals surface area contributed by atoms with Crippen molar-refractivity contribution in [2.75, 3.05) is 5.32 Å². The summed E-state index contributed by atoms with van der Waals surface area (Å²) >= 11 is 7.14. The van der Waals surface area contributed by atoms with Crippen LogP contribution in [0.5, 0.6) is 5.75 Å². The van der Waals surface area contributed by atoms with Crippen molar-refractivity contribution in [3.8, 4) is 11.8 Å². The number of hydrogen-bond donors (Lipinski definition) is 1. The number of carbonyl (C=O) groups excluding carboxylic acids is 1. The van der Waals surface area contributed by atoms with Crippen LogP contribution in [0.4, 0.5) is 18.3 Å². The molecule has 2 aromatic carbocycles. The highest BCUT2D eigenvalue weighted by Crippen LogP contribution is 2.33. The molecule has 0 unspecified atom stereocenters. The Balaban J connectivity index is 1.76. The SMILES string of the molecule is CC(C)Oc1ccccc1C=C(C#N)C(=O)Nc1ncc(Cc2cc(C(F)(F)F)ccc2Cl)s1. The molecule has 0 atom stereocenters. The first-order chi connectivity index (χ1) is 16.1. The molecule has 1 heterocycles. The lowest BCUT2D eigenvalue weighted by Crippen LogP contribution is -2.13. The Bertz CT molecular complexity index is 1260. The van der Waals surface area contributed by atoms with Gasteiger partial charge in [-0.05, 0) is 49.8 Å². The predicted molar refractivity (Wildman–Crippen MR) is 126 cm³/mol. The van der Waals surface area contributed by atoms with Crippen molar-refractivity contribution in [3.63, 3.8) is 0 Å². The molecule has 0 bridgehead atoms. The zero-order valence-electron chi connectivity index (χ0n) is 18.1. The van der Waals surface area contributed by atoms with Crippen molar-refractivity contribution in [2.45, 2.75) is 32.5 Å². The van der Waals surface area contributed by atoms with Gasteiger partial charge in [0.15, 0.2) is 5.13 Å². The minimum atomic E-state index is -4.48. The van der Waals surface area contributed by atoms with Gasteiger partial charge in [-0.15, -0.1) is 11.3 Å². The first kappa shape index (κ1) is 25.3. The van der Waals surface area contributed by atoms with Crippen LogP contribution in [0.15, 0.2) is 54.2 Å². The van der Waals surface area contributed by atoms with E-state index in [1.165, 1.54) is 18.3 Å². The maximum Gasteiger partial charge on any atom is 0.416 e. The molecular weight excluding hydrogens is 487 g/mol. The summed E-state index contributed by atoms with van der Waals surface area (Å²) in [5, 5.41) is 12.4. The quantitative estimate of drug-likeness (QED) is 0.285. The van der Waals surface area contributed by atoms with Crippen molar-refractivity contribution in [1.82, 2.24) is 4.98 Å². The minimum absolute atomic E-state index is 0.0898. The smallest absolute Gasteiger partial charge is 0.416 e. The molecule has 0 aliphatic carbocycles. The van der Waals surface area contributed by atoms with Crippen LogP contribution in [0, 0.1) is 11.3 Å². The lowest BCUT2D eigenvalue weighted by molar-refractivity contribution is -0.137. The van der Waals surface area contributed by atoms with E-state index < -0.39 is 17.6 Å². The van der Waals surface area contributed by atoms with Gasteiger partial charge in [-0.25, -0.2) is 4.98 Å². The molecule has 0 saturated carbocycles. The molecular formula is C24H19ClF3N3O2S. The predicted octanol–water partition coefficient (Wildman–Crippen LogP) is 6.74. The van der Waals surface area contributed by atoms with E-state index >= 15 is 0 Å². The van der Waals surface area contributed by atoms with Crippen molar-refractivity contribution < 1.29 is 22.7 Å². The first-order valence-electron chi connectivity index (χ1n) is 10.1. The molecule has 0 aliphatic rings. The molecule has 3 rings (SSSR count). The Morgan fingerprint density at radius 3 is 2.71 bits per heavy atom. The fourth-order valence-electron chi connectivity index (χ4n) is 2.95. The normalized spacial score (nSPS) is 11.9. The number of nitrogens with one attached hydrogen (secondary N) is 1. The average molecular weight is 506 g/mol. The Morgan fingerprint density at radius 2 is 2.03 bits per heavy atom. The Morgan fingerprint density at radius 1 is 1.29 bits per heavy atom. The molecule has 1 amide bonds. The van der Waals surface area contributed by atoms with Gasteiger partial charge < -0.3 is 4.74 Å². The average Bonchev–Trinajstić information content (AvgIpc) is 3.20. The third-order valence-corrected chi connectivity index (χ3v) is 5.74. The summed E-state index contributed by atoms with van der Waals surface area (Å²) in [7, 11) is 0. The van der Waals surface area contributed by atoms with Crippen molar-refractivity contribution in [2.24, 2.45) is 0 Å². The van der Waals surface area contributed by atoms with Crippen LogP contribution in [0.25, 0.3) is 6.08 Å². The van der Waals surface area contributed by atoms with E-state index in [9.17, 15) is 23.2 Å². The van der Waals surface area contributed by atoms with E-state index in [-0.39, 0.29) is 33.8 Å². The van der Waals surface area contributed by atoms with Crippen LogP contribution >= 0.6 is 22.9 Å². The molecule has 0 radical (unpaired) electrons. The number of rotatable bonds is 7. The highest BCUT2D eigenvalue weighted by atomic mass is 35.5. The van der Waals surface area contributed by atoms with E-state index in [4.69, 9.17) is 16.3 Å². The number of thiazole rings is 1. The Hall–Kier alpha value is -3.35. The number of carbonyl (C=O) groups is 1. The third kappa shape index (κ3) is 6.59. The lowest BCUT2D eigenvalue weighted by atomic mass is 10.1. The highest BCUT2D eigenvalue weighted by Gasteiger charge is 2.31. The van der Waals surface area contributed by atoms with E-state index in [0.29, 0.717) is 16.2 Å². The minimum Gasteiger partial charge on any atom is -0.490 e. The van der Waals surface area contributed by atoms with Gasteiger partial charge in [0.25, 0.3) is 5.91 Å². The molecule has 34 heavy (non-hydrogen) atoms. The second kappa shape index (κ2) is 10.7. The van der Waals surface area contributed by atoms with E-state index in [0.717, 1.165) is 23.5 Å². The fraction of sp³-hybridized carbons (Fsp3) is 0.208. The first-order valence-corrected chi connectivity index (χ1v) is 11.3. The molecule has 176 valence electrons. The van der Waals surface area contributed by atoms with Crippen LogP contribution in [-0.2, 0) is 17.4 Å².